The molecule has 0 aromatic carbocycles. The number of pyridine rings is 1. The minimum Gasteiger partial charge on any atom is -0.349 e. The molecule has 0 saturated carbocycles. The first-order valence-electron chi connectivity index (χ1n) is 5.76. The second kappa shape index (κ2) is 5.98. The predicted molar refractivity (Wildman–Crippen MR) is 73.3 cm³/mol. The standard InChI is InChI=1S/C12H16N4O3S/c1-12(2,16-20(3,18)19)8-15-11(17)10-5-4-9(6-13)7-14-10/h4-5,7,16H,8H2,1-3H3,(H,15,17). The Labute approximate surface area is 118 Å². The summed E-state index contributed by atoms with van der Waals surface area (Å²) >= 11 is 0. The number of sulfonamides is 1. The van der Waals surface area contributed by atoms with Crippen LogP contribution >= 0.6 is 0 Å². The second-order valence-corrected chi connectivity index (χ2v) is 6.73. The number of nitrogens with zero attached hydrogens (tertiary/aromatic N) is 2. The van der Waals surface area contributed by atoms with Gasteiger partial charge >= 0.3 is 0 Å². The lowest BCUT2D eigenvalue weighted by Gasteiger charge is -2.25. The predicted octanol–water partition coefficient (Wildman–Crippen LogP) is 0.0109. The van der Waals surface area contributed by atoms with Gasteiger partial charge in [-0.25, -0.2) is 18.1 Å². The maximum absolute atomic E-state index is 11.8. The van der Waals surface area contributed by atoms with E-state index in [0.29, 0.717) is 5.56 Å². The van der Waals surface area contributed by atoms with Gasteiger partial charge in [-0.05, 0) is 26.0 Å². The summed E-state index contributed by atoms with van der Waals surface area (Å²) in [4.78, 5) is 15.7. The number of aromatic nitrogens is 1. The molecule has 0 fully saturated rings. The average Bonchev–Trinajstić information content (AvgIpc) is 2.33. The first-order chi connectivity index (χ1) is 9.13. The zero-order valence-electron chi connectivity index (χ0n) is 11.5. The number of carbonyl (C=O) groups is 1. The van der Waals surface area contributed by atoms with Crippen LogP contribution in [0.1, 0.15) is 29.9 Å². The number of hydrogen-bond acceptors (Lipinski definition) is 5. The lowest BCUT2D eigenvalue weighted by Crippen LogP contribution is -2.51. The zero-order chi connectivity index (χ0) is 15.4. The van der Waals surface area contributed by atoms with Crippen LogP contribution in [0.4, 0.5) is 0 Å². The van der Waals surface area contributed by atoms with Gasteiger partial charge in [0.05, 0.1) is 11.8 Å². The van der Waals surface area contributed by atoms with E-state index < -0.39 is 21.5 Å². The van der Waals surface area contributed by atoms with Crippen LogP contribution in [0.3, 0.4) is 0 Å². The number of hydrogen-bond donors (Lipinski definition) is 2. The molecule has 0 aliphatic heterocycles. The molecule has 2 N–H and O–H groups in total. The van der Waals surface area contributed by atoms with Crippen LogP contribution in [0.2, 0.25) is 0 Å². The second-order valence-electron chi connectivity index (χ2n) is 4.98. The Morgan fingerprint density at radius 3 is 2.55 bits per heavy atom. The van der Waals surface area contributed by atoms with E-state index in [1.165, 1.54) is 18.3 Å². The third kappa shape index (κ3) is 5.34. The van der Waals surface area contributed by atoms with Crippen molar-refractivity contribution in [1.82, 2.24) is 15.0 Å². The van der Waals surface area contributed by atoms with Crippen molar-refractivity contribution in [2.45, 2.75) is 19.4 Å². The molecule has 1 heterocycles. The molecule has 8 heteroatoms. The Kier molecular flexibility index (Phi) is 4.81. The summed E-state index contributed by atoms with van der Waals surface area (Å²) in [6, 6.07) is 4.83. The van der Waals surface area contributed by atoms with Crippen molar-refractivity contribution in [3.8, 4) is 6.07 Å². The van der Waals surface area contributed by atoms with Gasteiger partial charge in [0, 0.05) is 18.3 Å². The Morgan fingerprint density at radius 1 is 1.45 bits per heavy atom. The van der Waals surface area contributed by atoms with Crippen LogP contribution in [0.25, 0.3) is 0 Å². The summed E-state index contributed by atoms with van der Waals surface area (Å²) in [6.07, 6.45) is 2.35. The van der Waals surface area contributed by atoms with E-state index in [-0.39, 0.29) is 12.2 Å². The molecule has 0 bridgehead atoms. The molecule has 20 heavy (non-hydrogen) atoms. The molecule has 1 amide bonds. The first kappa shape index (κ1) is 16.1. The van der Waals surface area contributed by atoms with Crippen molar-refractivity contribution in [1.29, 1.82) is 5.26 Å². The average molecular weight is 296 g/mol. The van der Waals surface area contributed by atoms with Gasteiger partial charge < -0.3 is 5.32 Å². The van der Waals surface area contributed by atoms with Crippen LogP contribution in [-0.4, -0.2) is 37.6 Å². The molecule has 7 nitrogen and oxygen atoms in total. The Hall–Kier alpha value is -1.98. The number of nitriles is 1. The molecular formula is C12H16N4O3S. The molecular weight excluding hydrogens is 280 g/mol. The zero-order valence-corrected chi connectivity index (χ0v) is 12.3. The summed E-state index contributed by atoms with van der Waals surface area (Å²) in [7, 11) is -3.36. The van der Waals surface area contributed by atoms with E-state index in [2.05, 4.69) is 15.0 Å². The van der Waals surface area contributed by atoms with Gasteiger partial charge in [-0.2, -0.15) is 5.26 Å². The summed E-state index contributed by atoms with van der Waals surface area (Å²) in [5.74, 6) is -0.433. The lowest BCUT2D eigenvalue weighted by molar-refractivity contribution is 0.0939. The van der Waals surface area contributed by atoms with Gasteiger partial charge in [0.25, 0.3) is 5.91 Å². The SMILES string of the molecule is CC(C)(CNC(=O)c1ccc(C#N)cn1)NS(C)(=O)=O. The van der Waals surface area contributed by atoms with Crippen molar-refractivity contribution in [2.24, 2.45) is 0 Å². The molecule has 1 rings (SSSR count). The Bertz CT molecular complexity index is 630. The van der Waals surface area contributed by atoms with Crippen molar-refractivity contribution in [3.05, 3.63) is 29.6 Å². The topological polar surface area (TPSA) is 112 Å². The molecule has 0 aliphatic carbocycles. The fourth-order valence-corrected chi connectivity index (χ4v) is 2.60. The highest BCUT2D eigenvalue weighted by molar-refractivity contribution is 7.88. The molecule has 0 radical (unpaired) electrons. The van der Waals surface area contributed by atoms with Crippen molar-refractivity contribution >= 4 is 15.9 Å². The molecule has 0 aliphatic rings. The highest BCUT2D eigenvalue weighted by atomic mass is 32.2. The van der Waals surface area contributed by atoms with Crippen LogP contribution in [0.15, 0.2) is 18.3 Å². The smallest absolute Gasteiger partial charge is 0.269 e. The molecule has 0 spiro atoms. The van der Waals surface area contributed by atoms with E-state index in [4.69, 9.17) is 5.26 Å². The van der Waals surface area contributed by atoms with Crippen LogP contribution < -0.4 is 10.0 Å². The number of rotatable bonds is 5. The van der Waals surface area contributed by atoms with E-state index >= 15 is 0 Å². The number of nitrogens with one attached hydrogen (secondary N) is 2. The minimum atomic E-state index is -3.36. The van der Waals surface area contributed by atoms with E-state index in [1.807, 2.05) is 6.07 Å². The molecule has 0 atom stereocenters. The van der Waals surface area contributed by atoms with Gasteiger partial charge in [0.1, 0.15) is 11.8 Å². The summed E-state index contributed by atoms with van der Waals surface area (Å²) in [5, 5.41) is 11.2. The van der Waals surface area contributed by atoms with Gasteiger partial charge in [-0.15, -0.1) is 0 Å². The maximum atomic E-state index is 11.8. The first-order valence-corrected chi connectivity index (χ1v) is 7.65. The third-order valence-corrected chi connectivity index (χ3v) is 3.20. The van der Waals surface area contributed by atoms with Gasteiger partial charge in [-0.3, -0.25) is 4.79 Å². The molecule has 1 aromatic heterocycles. The van der Waals surface area contributed by atoms with Crippen LogP contribution in [0, 0.1) is 11.3 Å². The van der Waals surface area contributed by atoms with E-state index in [9.17, 15) is 13.2 Å². The highest BCUT2D eigenvalue weighted by Crippen LogP contribution is 2.03. The largest absolute Gasteiger partial charge is 0.349 e. The number of carbonyl (C=O) groups excluding carboxylic acids is 1. The van der Waals surface area contributed by atoms with Gasteiger partial charge in [-0.1, -0.05) is 0 Å². The van der Waals surface area contributed by atoms with Crippen molar-refractivity contribution in [2.75, 3.05) is 12.8 Å². The molecule has 108 valence electrons. The summed E-state index contributed by atoms with van der Waals surface area (Å²) < 4.78 is 24.7. The fraction of sp³-hybridized carbons (Fsp3) is 0.417. The monoisotopic (exact) mass is 296 g/mol. The lowest BCUT2D eigenvalue weighted by atomic mass is 10.1. The van der Waals surface area contributed by atoms with E-state index in [1.54, 1.807) is 13.8 Å². The molecule has 1 aromatic rings. The molecule has 0 saturated heterocycles. The van der Waals surface area contributed by atoms with Gasteiger partial charge in [0.15, 0.2) is 0 Å². The van der Waals surface area contributed by atoms with Crippen molar-refractivity contribution in [3.63, 3.8) is 0 Å². The maximum Gasteiger partial charge on any atom is 0.269 e. The normalized spacial score (nSPS) is 11.7. The Balaban J connectivity index is 2.65. The minimum absolute atomic E-state index is 0.112. The number of amides is 1. The quantitative estimate of drug-likeness (QED) is 0.795. The summed E-state index contributed by atoms with van der Waals surface area (Å²) in [5.41, 5.74) is -0.282. The van der Waals surface area contributed by atoms with Gasteiger partial charge in [0.2, 0.25) is 10.0 Å². The van der Waals surface area contributed by atoms with Crippen LogP contribution in [-0.2, 0) is 10.0 Å². The third-order valence-electron chi connectivity index (χ3n) is 2.28. The molecule has 0 unspecified atom stereocenters. The van der Waals surface area contributed by atoms with Crippen molar-refractivity contribution < 1.29 is 13.2 Å². The summed E-state index contributed by atoms with van der Waals surface area (Å²) in [6.45, 7) is 3.42. The Morgan fingerprint density at radius 2 is 2.10 bits per heavy atom. The fourth-order valence-electron chi connectivity index (χ4n) is 1.52. The van der Waals surface area contributed by atoms with E-state index in [0.717, 1.165) is 6.26 Å². The van der Waals surface area contributed by atoms with Crippen LogP contribution in [0.5, 0.6) is 0 Å². The highest BCUT2D eigenvalue weighted by Gasteiger charge is 2.23.